The minimum absolute atomic E-state index is 0.0780. The minimum atomic E-state index is -0.281. The second kappa shape index (κ2) is 10.6. The second-order valence-corrected chi connectivity index (χ2v) is 9.64. The number of benzene rings is 1. The molecule has 1 aromatic carbocycles. The summed E-state index contributed by atoms with van der Waals surface area (Å²) in [6.45, 7) is 12.3. The summed E-state index contributed by atoms with van der Waals surface area (Å²) in [5.74, 6) is 0.909. The van der Waals surface area contributed by atoms with Gasteiger partial charge in [0.2, 0.25) is 5.91 Å². The summed E-state index contributed by atoms with van der Waals surface area (Å²) in [4.78, 5) is 17.2. The smallest absolute Gasteiger partial charge is 0.233 e. The van der Waals surface area contributed by atoms with Crippen molar-refractivity contribution in [2.45, 2.75) is 77.2 Å². The molecule has 3 rings (SSSR count). The van der Waals surface area contributed by atoms with Crippen molar-refractivity contribution >= 4 is 17.7 Å². The number of piperidine rings is 1. The highest BCUT2D eigenvalue weighted by Gasteiger charge is 2.27. The van der Waals surface area contributed by atoms with Crippen molar-refractivity contribution in [2.75, 3.05) is 18.8 Å². The van der Waals surface area contributed by atoms with Crippen molar-refractivity contribution in [3.63, 3.8) is 0 Å². The van der Waals surface area contributed by atoms with Crippen LogP contribution in [0.15, 0.2) is 29.4 Å². The molecule has 0 unspecified atom stereocenters. The molecule has 1 aliphatic rings. The normalized spacial score (nSPS) is 16.1. The summed E-state index contributed by atoms with van der Waals surface area (Å²) >= 11 is 1.39. The van der Waals surface area contributed by atoms with Gasteiger partial charge in [-0.1, -0.05) is 18.2 Å². The Hall–Kier alpha value is -1.93. The highest BCUT2D eigenvalue weighted by molar-refractivity contribution is 7.99. The van der Waals surface area contributed by atoms with Gasteiger partial charge in [0.1, 0.15) is 5.82 Å². The lowest BCUT2D eigenvalue weighted by Gasteiger charge is -2.32. The molecular formula is C23H34FN5OS. The van der Waals surface area contributed by atoms with Crippen LogP contribution < -0.4 is 0 Å². The van der Waals surface area contributed by atoms with Gasteiger partial charge in [0.05, 0.1) is 11.8 Å². The van der Waals surface area contributed by atoms with Crippen LogP contribution in [0.25, 0.3) is 5.69 Å². The first-order chi connectivity index (χ1) is 14.8. The van der Waals surface area contributed by atoms with Gasteiger partial charge in [0, 0.05) is 17.8 Å². The molecule has 1 aliphatic heterocycles. The number of carbonyl (C=O) groups excluding carboxylic acids is 1. The Balaban J connectivity index is 1.88. The van der Waals surface area contributed by atoms with E-state index < -0.39 is 0 Å². The van der Waals surface area contributed by atoms with E-state index in [4.69, 9.17) is 0 Å². The first-order valence-electron chi connectivity index (χ1n) is 11.2. The second-order valence-electron chi connectivity index (χ2n) is 8.70. The van der Waals surface area contributed by atoms with Gasteiger partial charge in [-0.2, -0.15) is 0 Å². The fourth-order valence-corrected chi connectivity index (χ4v) is 5.15. The molecule has 0 radical (unpaired) electrons. The van der Waals surface area contributed by atoms with Crippen LogP contribution in [-0.2, 0) is 4.79 Å². The molecule has 0 saturated carbocycles. The molecule has 31 heavy (non-hydrogen) atoms. The Bertz CT molecular complexity index is 853. The molecule has 8 heteroatoms. The zero-order valence-electron chi connectivity index (χ0n) is 19.2. The lowest BCUT2D eigenvalue weighted by molar-refractivity contribution is -0.131. The zero-order valence-corrected chi connectivity index (χ0v) is 20.0. The molecule has 0 aliphatic carbocycles. The summed E-state index contributed by atoms with van der Waals surface area (Å²) in [6.07, 6.45) is 3.63. The number of halogens is 1. The van der Waals surface area contributed by atoms with Gasteiger partial charge in [0.25, 0.3) is 0 Å². The molecule has 0 bridgehead atoms. The number of hydrogen-bond donors (Lipinski definition) is 0. The maximum absolute atomic E-state index is 13.6. The molecule has 170 valence electrons. The molecular weight excluding hydrogens is 413 g/mol. The van der Waals surface area contributed by atoms with Crippen LogP contribution in [0.3, 0.4) is 0 Å². The van der Waals surface area contributed by atoms with Gasteiger partial charge in [-0.25, -0.2) is 4.39 Å². The molecule has 0 spiro atoms. The number of hydrogen-bond acceptors (Lipinski definition) is 5. The summed E-state index contributed by atoms with van der Waals surface area (Å²) in [7, 11) is 0. The van der Waals surface area contributed by atoms with Gasteiger partial charge >= 0.3 is 0 Å². The van der Waals surface area contributed by atoms with E-state index in [1.165, 1.54) is 43.2 Å². The van der Waals surface area contributed by atoms with Crippen molar-refractivity contribution in [1.29, 1.82) is 0 Å². The molecule has 2 heterocycles. The highest BCUT2D eigenvalue weighted by Crippen LogP contribution is 2.29. The largest absolute Gasteiger partial charge is 0.337 e. The Morgan fingerprint density at radius 2 is 1.65 bits per heavy atom. The van der Waals surface area contributed by atoms with Crippen molar-refractivity contribution in [2.24, 2.45) is 0 Å². The fraction of sp³-hybridized carbons (Fsp3) is 0.609. The number of thioether (sulfide) groups is 1. The van der Waals surface area contributed by atoms with Gasteiger partial charge < -0.3 is 4.90 Å². The maximum atomic E-state index is 13.6. The molecule has 6 nitrogen and oxygen atoms in total. The molecule has 1 atom stereocenters. The number of rotatable bonds is 8. The van der Waals surface area contributed by atoms with Crippen molar-refractivity contribution < 1.29 is 9.18 Å². The van der Waals surface area contributed by atoms with E-state index >= 15 is 0 Å². The monoisotopic (exact) mass is 447 g/mol. The standard InChI is InChI=1S/C23H34FN5OS/c1-16(2)28(17(3)4)21(30)15-31-23-26-25-22(18(5)27-13-7-6-8-14-27)29(23)20-11-9-19(24)10-12-20/h9-12,16-18H,6-8,13-15H2,1-5H3/t18-/m0/s1. The Labute approximate surface area is 189 Å². The minimum Gasteiger partial charge on any atom is -0.337 e. The van der Waals surface area contributed by atoms with E-state index in [0.29, 0.717) is 5.16 Å². The van der Waals surface area contributed by atoms with Gasteiger partial charge in [-0.15, -0.1) is 10.2 Å². The predicted molar refractivity (Wildman–Crippen MR) is 123 cm³/mol. The van der Waals surface area contributed by atoms with Crippen LogP contribution in [0.4, 0.5) is 4.39 Å². The third kappa shape index (κ3) is 5.66. The van der Waals surface area contributed by atoms with Gasteiger partial charge in [0.15, 0.2) is 11.0 Å². The van der Waals surface area contributed by atoms with Crippen molar-refractivity contribution in [3.8, 4) is 5.69 Å². The van der Waals surface area contributed by atoms with Gasteiger partial charge in [-0.3, -0.25) is 14.3 Å². The Morgan fingerprint density at radius 3 is 2.23 bits per heavy atom. The summed E-state index contributed by atoms with van der Waals surface area (Å²) in [5.41, 5.74) is 0.810. The first-order valence-corrected chi connectivity index (χ1v) is 12.2. The average Bonchev–Trinajstić information content (AvgIpc) is 3.16. The number of aromatic nitrogens is 3. The lowest BCUT2D eigenvalue weighted by atomic mass is 10.1. The van der Waals surface area contributed by atoms with E-state index in [1.807, 2.05) is 37.2 Å². The van der Waals surface area contributed by atoms with E-state index in [-0.39, 0.29) is 35.6 Å². The first kappa shape index (κ1) is 23.7. The lowest BCUT2D eigenvalue weighted by Crippen LogP contribution is -2.43. The van der Waals surface area contributed by atoms with Crippen LogP contribution in [-0.4, -0.2) is 61.4 Å². The van der Waals surface area contributed by atoms with Crippen LogP contribution >= 0.6 is 11.8 Å². The third-order valence-corrected chi connectivity index (χ3v) is 6.69. The quantitative estimate of drug-likeness (QED) is 0.550. The summed E-state index contributed by atoms with van der Waals surface area (Å²) < 4.78 is 15.5. The molecule has 1 aromatic heterocycles. The van der Waals surface area contributed by atoms with Crippen LogP contribution in [0.2, 0.25) is 0 Å². The predicted octanol–water partition coefficient (Wildman–Crippen LogP) is 4.69. The average molecular weight is 448 g/mol. The molecule has 0 N–H and O–H groups in total. The maximum Gasteiger partial charge on any atom is 0.233 e. The zero-order chi connectivity index (χ0) is 22.5. The van der Waals surface area contributed by atoms with Crippen LogP contribution in [0.1, 0.15) is 65.7 Å². The van der Waals surface area contributed by atoms with Crippen molar-refractivity contribution in [3.05, 3.63) is 35.9 Å². The Morgan fingerprint density at radius 1 is 1.03 bits per heavy atom. The molecule has 1 fully saturated rings. The number of likely N-dealkylation sites (tertiary alicyclic amines) is 1. The number of amides is 1. The summed E-state index contributed by atoms with van der Waals surface area (Å²) in [5, 5.41) is 9.61. The van der Waals surface area contributed by atoms with E-state index in [1.54, 1.807) is 12.1 Å². The van der Waals surface area contributed by atoms with Gasteiger partial charge in [-0.05, 0) is 84.8 Å². The molecule has 1 saturated heterocycles. The topological polar surface area (TPSA) is 54.3 Å². The highest BCUT2D eigenvalue weighted by atomic mass is 32.2. The summed E-state index contributed by atoms with van der Waals surface area (Å²) in [6, 6.07) is 6.74. The van der Waals surface area contributed by atoms with E-state index in [2.05, 4.69) is 22.0 Å². The van der Waals surface area contributed by atoms with Crippen LogP contribution in [0.5, 0.6) is 0 Å². The van der Waals surface area contributed by atoms with Crippen molar-refractivity contribution in [1.82, 2.24) is 24.6 Å². The molecule has 1 amide bonds. The van der Waals surface area contributed by atoms with E-state index in [0.717, 1.165) is 24.6 Å². The van der Waals surface area contributed by atoms with E-state index in [9.17, 15) is 9.18 Å². The number of carbonyl (C=O) groups is 1. The molecule has 2 aromatic rings. The SMILES string of the molecule is CC(C)N(C(=O)CSc1nnc([C@H](C)N2CCCCC2)n1-c1ccc(F)cc1)C(C)C. The number of nitrogens with zero attached hydrogens (tertiary/aromatic N) is 5. The Kier molecular flexibility index (Phi) is 8.11. The van der Waals surface area contributed by atoms with Crippen LogP contribution in [0, 0.1) is 5.82 Å². The fourth-order valence-electron chi connectivity index (χ4n) is 4.32. The third-order valence-electron chi connectivity index (χ3n) is 5.78.